The smallest absolute Gasteiger partial charge is 0.187 e. The zero-order valence-electron chi connectivity index (χ0n) is 15.4. The summed E-state index contributed by atoms with van der Waals surface area (Å²) in [6.07, 6.45) is 20.2. The second-order valence-corrected chi connectivity index (χ2v) is 6.89. The molecule has 0 saturated carbocycles. The van der Waals surface area contributed by atoms with Crippen LogP contribution in [0.3, 0.4) is 0 Å². The minimum atomic E-state index is 0.0981. The van der Waals surface area contributed by atoms with Gasteiger partial charge in [0.25, 0.3) is 0 Å². The Morgan fingerprint density at radius 1 is 0.783 bits per heavy atom. The quantitative estimate of drug-likeness (QED) is 0.362. The summed E-state index contributed by atoms with van der Waals surface area (Å²) in [5.74, 6) is 0.837. The number of rotatable bonds is 14. The number of aryl methyl sites for hydroxylation is 2. The van der Waals surface area contributed by atoms with Gasteiger partial charge in [0.05, 0.1) is 6.26 Å². The van der Waals surface area contributed by atoms with Gasteiger partial charge in [0, 0.05) is 18.1 Å². The van der Waals surface area contributed by atoms with Crippen LogP contribution >= 0.6 is 0 Å². The molecule has 0 unspecified atom stereocenters. The maximum atomic E-state index is 11.5. The summed E-state index contributed by atoms with van der Waals surface area (Å²) >= 11 is 0. The van der Waals surface area contributed by atoms with Crippen LogP contribution in [0.15, 0.2) is 21.5 Å². The zero-order chi connectivity index (χ0) is 16.8. The van der Waals surface area contributed by atoms with Crippen molar-refractivity contribution >= 4 is 0 Å². The minimum Gasteiger partial charge on any atom is -0.469 e. The van der Waals surface area contributed by atoms with E-state index in [2.05, 4.69) is 6.92 Å². The first-order valence-electron chi connectivity index (χ1n) is 9.82. The standard InChI is InChI=1S/C21H36O2/c1-3-4-5-6-7-8-9-10-11-12-13-14-15-16-20-17-21(22)19(2)18-23-20/h17-18H,3-16H2,1-2H3. The minimum absolute atomic E-state index is 0.0981. The Kier molecular flexibility index (Phi) is 11.6. The monoisotopic (exact) mass is 320 g/mol. The molecule has 1 rings (SSSR count). The van der Waals surface area contributed by atoms with Gasteiger partial charge >= 0.3 is 0 Å². The van der Waals surface area contributed by atoms with Crippen molar-refractivity contribution < 1.29 is 4.42 Å². The Labute approximate surface area is 142 Å². The Bertz CT molecular complexity index is 447. The third-order valence-electron chi connectivity index (χ3n) is 4.59. The Morgan fingerprint density at radius 2 is 1.26 bits per heavy atom. The van der Waals surface area contributed by atoms with Crippen molar-refractivity contribution in [1.82, 2.24) is 0 Å². The van der Waals surface area contributed by atoms with Crippen LogP contribution in [-0.2, 0) is 6.42 Å². The van der Waals surface area contributed by atoms with Gasteiger partial charge in [-0.1, -0.05) is 84.0 Å². The molecule has 132 valence electrons. The van der Waals surface area contributed by atoms with E-state index in [0.29, 0.717) is 5.56 Å². The number of unbranched alkanes of at least 4 members (excludes halogenated alkanes) is 12. The predicted octanol–water partition coefficient (Wildman–Crippen LogP) is 6.58. The fraction of sp³-hybridized carbons (Fsp3) is 0.762. The van der Waals surface area contributed by atoms with Crippen LogP contribution in [0.1, 0.15) is 102 Å². The number of hydrogen-bond donors (Lipinski definition) is 0. The molecule has 0 atom stereocenters. The summed E-state index contributed by atoms with van der Waals surface area (Å²) in [5, 5.41) is 0. The van der Waals surface area contributed by atoms with Gasteiger partial charge in [0.15, 0.2) is 5.43 Å². The molecule has 2 nitrogen and oxygen atoms in total. The maximum absolute atomic E-state index is 11.5. The molecule has 0 amide bonds. The highest BCUT2D eigenvalue weighted by atomic mass is 16.3. The van der Waals surface area contributed by atoms with Crippen molar-refractivity contribution in [1.29, 1.82) is 0 Å². The van der Waals surface area contributed by atoms with Crippen molar-refractivity contribution in [3.05, 3.63) is 33.9 Å². The van der Waals surface area contributed by atoms with E-state index in [1.165, 1.54) is 77.0 Å². The second-order valence-electron chi connectivity index (χ2n) is 6.89. The molecule has 0 aliphatic carbocycles. The highest BCUT2D eigenvalue weighted by molar-refractivity contribution is 5.09. The molecule has 1 heterocycles. The van der Waals surface area contributed by atoms with Crippen molar-refractivity contribution in [2.24, 2.45) is 0 Å². The molecule has 0 aromatic carbocycles. The summed E-state index contributed by atoms with van der Waals surface area (Å²) in [4.78, 5) is 11.5. The van der Waals surface area contributed by atoms with E-state index < -0.39 is 0 Å². The molecule has 0 saturated heterocycles. The fourth-order valence-electron chi connectivity index (χ4n) is 2.96. The predicted molar refractivity (Wildman–Crippen MR) is 99.1 cm³/mol. The molecule has 0 bridgehead atoms. The maximum Gasteiger partial charge on any atom is 0.187 e. The van der Waals surface area contributed by atoms with Crippen molar-refractivity contribution in [2.45, 2.75) is 104 Å². The Hall–Kier alpha value is -1.05. The molecule has 2 heteroatoms. The largest absolute Gasteiger partial charge is 0.469 e. The molecule has 0 radical (unpaired) electrons. The van der Waals surface area contributed by atoms with E-state index in [1.54, 1.807) is 19.3 Å². The van der Waals surface area contributed by atoms with E-state index in [4.69, 9.17) is 4.42 Å². The normalized spacial score (nSPS) is 11.0. The van der Waals surface area contributed by atoms with Gasteiger partial charge in [0.2, 0.25) is 0 Å². The summed E-state index contributed by atoms with van der Waals surface area (Å²) in [6, 6.07) is 1.65. The van der Waals surface area contributed by atoms with Crippen LogP contribution in [0.2, 0.25) is 0 Å². The first kappa shape index (κ1) is 20.0. The Morgan fingerprint density at radius 3 is 1.74 bits per heavy atom. The lowest BCUT2D eigenvalue weighted by Gasteiger charge is -2.03. The number of hydrogen-bond acceptors (Lipinski definition) is 2. The third kappa shape index (κ3) is 10.4. The second kappa shape index (κ2) is 13.4. The van der Waals surface area contributed by atoms with E-state index in [0.717, 1.165) is 18.6 Å². The summed E-state index contributed by atoms with van der Waals surface area (Å²) in [5.41, 5.74) is 0.792. The molecule has 0 spiro atoms. The molecular weight excluding hydrogens is 284 g/mol. The average molecular weight is 321 g/mol. The van der Waals surface area contributed by atoms with Gasteiger partial charge in [-0.05, 0) is 13.3 Å². The molecule has 0 aliphatic rings. The highest BCUT2D eigenvalue weighted by Gasteiger charge is 2.00. The van der Waals surface area contributed by atoms with Crippen molar-refractivity contribution in [3.8, 4) is 0 Å². The van der Waals surface area contributed by atoms with E-state index in [-0.39, 0.29) is 5.43 Å². The van der Waals surface area contributed by atoms with Gasteiger partial charge in [0.1, 0.15) is 5.76 Å². The first-order chi connectivity index (χ1) is 11.2. The summed E-state index contributed by atoms with van der Waals surface area (Å²) in [7, 11) is 0. The van der Waals surface area contributed by atoms with Gasteiger partial charge in [-0.25, -0.2) is 0 Å². The first-order valence-corrected chi connectivity index (χ1v) is 9.82. The SMILES string of the molecule is CCCCCCCCCCCCCCCc1cc(=O)c(C)co1. The van der Waals surface area contributed by atoms with Gasteiger partial charge in [-0.2, -0.15) is 0 Å². The molecule has 0 N–H and O–H groups in total. The lowest BCUT2D eigenvalue weighted by atomic mass is 10.0. The highest BCUT2D eigenvalue weighted by Crippen LogP contribution is 2.13. The van der Waals surface area contributed by atoms with Crippen LogP contribution in [0.4, 0.5) is 0 Å². The van der Waals surface area contributed by atoms with E-state index >= 15 is 0 Å². The van der Waals surface area contributed by atoms with Crippen LogP contribution < -0.4 is 5.43 Å². The van der Waals surface area contributed by atoms with Gasteiger partial charge < -0.3 is 4.42 Å². The molecule has 1 aromatic rings. The fourth-order valence-corrected chi connectivity index (χ4v) is 2.96. The van der Waals surface area contributed by atoms with E-state index in [9.17, 15) is 4.79 Å². The average Bonchev–Trinajstić information content (AvgIpc) is 2.55. The molecule has 0 fully saturated rings. The van der Waals surface area contributed by atoms with Gasteiger partial charge in [-0.3, -0.25) is 4.79 Å². The van der Waals surface area contributed by atoms with E-state index in [1.807, 2.05) is 0 Å². The summed E-state index contributed by atoms with van der Waals surface area (Å²) < 4.78 is 5.45. The Balaban J connectivity index is 1.86. The van der Waals surface area contributed by atoms with Crippen LogP contribution in [0.25, 0.3) is 0 Å². The zero-order valence-corrected chi connectivity index (χ0v) is 15.4. The molecule has 1 aromatic heterocycles. The van der Waals surface area contributed by atoms with Crippen LogP contribution in [-0.4, -0.2) is 0 Å². The van der Waals surface area contributed by atoms with Crippen LogP contribution in [0, 0.1) is 6.92 Å². The van der Waals surface area contributed by atoms with Crippen LogP contribution in [0.5, 0.6) is 0 Å². The van der Waals surface area contributed by atoms with Crippen molar-refractivity contribution in [3.63, 3.8) is 0 Å². The molecule has 23 heavy (non-hydrogen) atoms. The lowest BCUT2D eigenvalue weighted by molar-refractivity contribution is 0.470. The summed E-state index contributed by atoms with van der Waals surface area (Å²) in [6.45, 7) is 4.07. The lowest BCUT2D eigenvalue weighted by Crippen LogP contribution is -2.04. The third-order valence-corrected chi connectivity index (χ3v) is 4.59. The topological polar surface area (TPSA) is 30.2 Å². The van der Waals surface area contributed by atoms with Crippen molar-refractivity contribution in [2.75, 3.05) is 0 Å². The van der Waals surface area contributed by atoms with Gasteiger partial charge in [-0.15, -0.1) is 0 Å². The molecule has 0 aliphatic heterocycles. The molecular formula is C21H36O2.